The fraction of sp³-hybridized carbons (Fsp3) is 0.154. The van der Waals surface area contributed by atoms with Crippen LogP contribution in [0.25, 0.3) is 0 Å². The topological polar surface area (TPSA) is 72.5 Å². The molecule has 0 fully saturated rings. The number of benzene rings is 1. The van der Waals surface area contributed by atoms with Crippen LogP contribution in [0.2, 0.25) is 0 Å². The zero-order chi connectivity index (χ0) is 14.8. The van der Waals surface area contributed by atoms with Crippen molar-refractivity contribution in [2.75, 3.05) is 11.8 Å². The van der Waals surface area contributed by atoms with Crippen molar-refractivity contribution in [1.82, 2.24) is 0 Å². The standard InChI is InChI=1S/C13H13NO4S2/c1-9-4-3-5-10(8-9)14-20(16,17)11-6-7-19-12(11)13(15)18-2/h3-8,14H,1-2H3. The van der Waals surface area contributed by atoms with E-state index in [1.165, 1.54) is 18.6 Å². The summed E-state index contributed by atoms with van der Waals surface area (Å²) in [5.41, 5.74) is 1.38. The zero-order valence-corrected chi connectivity index (χ0v) is 12.5. The number of sulfonamides is 1. The summed E-state index contributed by atoms with van der Waals surface area (Å²) in [7, 11) is -2.60. The molecule has 0 radical (unpaired) electrons. The first-order chi connectivity index (χ1) is 9.44. The van der Waals surface area contributed by atoms with Gasteiger partial charge in [-0.3, -0.25) is 4.72 Å². The van der Waals surface area contributed by atoms with Crippen LogP contribution in [0.3, 0.4) is 0 Å². The summed E-state index contributed by atoms with van der Waals surface area (Å²) in [6, 6.07) is 8.36. The summed E-state index contributed by atoms with van der Waals surface area (Å²) in [6.45, 7) is 1.86. The van der Waals surface area contributed by atoms with Crippen molar-refractivity contribution >= 4 is 33.0 Å². The Morgan fingerprint density at radius 1 is 1.30 bits per heavy atom. The molecular weight excluding hydrogens is 298 g/mol. The van der Waals surface area contributed by atoms with Crippen LogP contribution in [0.1, 0.15) is 15.2 Å². The highest BCUT2D eigenvalue weighted by molar-refractivity contribution is 7.93. The average molecular weight is 311 g/mol. The van der Waals surface area contributed by atoms with Crippen molar-refractivity contribution < 1.29 is 17.9 Å². The van der Waals surface area contributed by atoms with Gasteiger partial charge in [0.05, 0.1) is 7.11 Å². The van der Waals surface area contributed by atoms with E-state index >= 15 is 0 Å². The molecular formula is C13H13NO4S2. The van der Waals surface area contributed by atoms with Crippen LogP contribution in [0.4, 0.5) is 5.69 Å². The zero-order valence-electron chi connectivity index (χ0n) is 10.9. The van der Waals surface area contributed by atoms with Gasteiger partial charge in [-0.05, 0) is 36.1 Å². The van der Waals surface area contributed by atoms with E-state index in [1.807, 2.05) is 13.0 Å². The van der Waals surface area contributed by atoms with Crippen molar-refractivity contribution in [3.63, 3.8) is 0 Å². The van der Waals surface area contributed by atoms with Crippen LogP contribution in [0, 0.1) is 6.92 Å². The molecule has 0 amide bonds. The maximum Gasteiger partial charge on any atom is 0.349 e. The van der Waals surface area contributed by atoms with Gasteiger partial charge in [0, 0.05) is 5.69 Å². The molecule has 20 heavy (non-hydrogen) atoms. The van der Waals surface area contributed by atoms with Crippen LogP contribution >= 0.6 is 11.3 Å². The second kappa shape index (κ2) is 5.64. The third-order valence-corrected chi connectivity index (χ3v) is 5.01. The van der Waals surface area contributed by atoms with E-state index in [1.54, 1.807) is 18.2 Å². The lowest BCUT2D eigenvalue weighted by Gasteiger charge is -2.08. The number of nitrogens with one attached hydrogen (secondary N) is 1. The molecule has 106 valence electrons. The molecule has 5 nitrogen and oxygen atoms in total. The molecule has 0 saturated heterocycles. The number of rotatable bonds is 4. The van der Waals surface area contributed by atoms with Crippen molar-refractivity contribution in [2.24, 2.45) is 0 Å². The summed E-state index contributed by atoms with van der Waals surface area (Å²) in [5.74, 6) is -0.662. The van der Waals surface area contributed by atoms with Gasteiger partial charge in [-0.15, -0.1) is 11.3 Å². The molecule has 2 aromatic rings. The normalized spacial score (nSPS) is 11.1. The van der Waals surface area contributed by atoms with Crippen LogP contribution in [-0.2, 0) is 14.8 Å². The minimum atomic E-state index is -3.81. The number of anilines is 1. The molecule has 0 unspecified atom stereocenters. The Hall–Kier alpha value is -1.86. The summed E-state index contributed by atoms with van der Waals surface area (Å²) < 4.78 is 31.6. The lowest BCUT2D eigenvalue weighted by Crippen LogP contribution is -2.15. The first-order valence-corrected chi connectivity index (χ1v) is 8.05. The predicted octanol–water partition coefficient (Wildman–Crippen LogP) is 2.64. The van der Waals surface area contributed by atoms with Gasteiger partial charge in [-0.25, -0.2) is 13.2 Å². The van der Waals surface area contributed by atoms with Gasteiger partial charge in [-0.1, -0.05) is 12.1 Å². The smallest absolute Gasteiger partial charge is 0.349 e. The highest BCUT2D eigenvalue weighted by atomic mass is 32.2. The van der Waals surface area contributed by atoms with E-state index in [2.05, 4.69) is 9.46 Å². The maximum absolute atomic E-state index is 12.3. The molecule has 0 atom stereocenters. The van der Waals surface area contributed by atoms with E-state index in [9.17, 15) is 13.2 Å². The van der Waals surface area contributed by atoms with E-state index in [0.29, 0.717) is 5.69 Å². The molecule has 0 aliphatic rings. The van der Waals surface area contributed by atoms with Crippen molar-refractivity contribution in [3.8, 4) is 0 Å². The summed E-state index contributed by atoms with van der Waals surface area (Å²) in [6.07, 6.45) is 0. The lowest BCUT2D eigenvalue weighted by atomic mass is 10.2. The summed E-state index contributed by atoms with van der Waals surface area (Å²) >= 11 is 1.03. The number of carbonyl (C=O) groups is 1. The Morgan fingerprint density at radius 3 is 2.70 bits per heavy atom. The van der Waals surface area contributed by atoms with Crippen molar-refractivity contribution in [3.05, 3.63) is 46.2 Å². The molecule has 1 N–H and O–H groups in total. The van der Waals surface area contributed by atoms with Gasteiger partial charge in [0.1, 0.15) is 9.77 Å². The molecule has 0 spiro atoms. The molecule has 1 aromatic carbocycles. The van der Waals surface area contributed by atoms with Gasteiger partial charge >= 0.3 is 5.97 Å². The van der Waals surface area contributed by atoms with Gasteiger partial charge < -0.3 is 4.74 Å². The number of hydrogen-bond donors (Lipinski definition) is 1. The molecule has 0 aliphatic heterocycles. The lowest BCUT2D eigenvalue weighted by molar-refractivity contribution is 0.0602. The third-order valence-electron chi connectivity index (χ3n) is 2.56. The Bertz CT molecular complexity index is 734. The predicted molar refractivity (Wildman–Crippen MR) is 77.6 cm³/mol. The largest absolute Gasteiger partial charge is 0.465 e. The number of thiophene rings is 1. The Morgan fingerprint density at radius 2 is 2.05 bits per heavy atom. The fourth-order valence-electron chi connectivity index (χ4n) is 1.67. The highest BCUT2D eigenvalue weighted by Gasteiger charge is 2.24. The number of esters is 1. The molecule has 1 aromatic heterocycles. The van der Waals surface area contributed by atoms with Gasteiger partial charge in [-0.2, -0.15) is 0 Å². The van der Waals surface area contributed by atoms with Crippen LogP contribution in [-0.4, -0.2) is 21.5 Å². The number of aryl methyl sites for hydroxylation is 1. The second-order valence-corrected chi connectivity index (χ2v) is 6.65. The van der Waals surface area contributed by atoms with Crippen LogP contribution in [0.5, 0.6) is 0 Å². The van der Waals surface area contributed by atoms with Crippen molar-refractivity contribution in [1.29, 1.82) is 0 Å². The van der Waals surface area contributed by atoms with Crippen molar-refractivity contribution in [2.45, 2.75) is 11.8 Å². The number of carbonyl (C=O) groups excluding carboxylic acids is 1. The minimum Gasteiger partial charge on any atom is -0.465 e. The molecule has 2 rings (SSSR count). The Balaban J connectivity index is 2.36. The second-order valence-electron chi connectivity index (χ2n) is 4.08. The summed E-state index contributed by atoms with van der Waals surface area (Å²) in [5, 5.41) is 1.54. The summed E-state index contributed by atoms with van der Waals surface area (Å²) in [4.78, 5) is 11.5. The van der Waals surface area contributed by atoms with E-state index in [4.69, 9.17) is 0 Å². The SMILES string of the molecule is COC(=O)c1sccc1S(=O)(=O)Nc1cccc(C)c1. The Kier molecular flexibility index (Phi) is 4.10. The maximum atomic E-state index is 12.3. The number of hydrogen-bond acceptors (Lipinski definition) is 5. The first kappa shape index (κ1) is 14.5. The highest BCUT2D eigenvalue weighted by Crippen LogP contribution is 2.25. The average Bonchev–Trinajstić information content (AvgIpc) is 2.87. The van der Waals surface area contributed by atoms with Gasteiger partial charge in [0.25, 0.3) is 10.0 Å². The third kappa shape index (κ3) is 3.00. The Labute approximate surface area is 121 Å². The van der Waals surface area contributed by atoms with Gasteiger partial charge in [0.2, 0.25) is 0 Å². The van der Waals surface area contributed by atoms with Crippen LogP contribution < -0.4 is 4.72 Å². The fourth-order valence-corrected chi connectivity index (χ4v) is 4.05. The van der Waals surface area contributed by atoms with E-state index in [-0.39, 0.29) is 9.77 Å². The number of methoxy groups -OCH3 is 1. The number of ether oxygens (including phenoxy) is 1. The molecule has 0 bridgehead atoms. The first-order valence-electron chi connectivity index (χ1n) is 5.69. The minimum absolute atomic E-state index is 0.0626. The molecule has 0 aliphatic carbocycles. The molecule has 1 heterocycles. The monoisotopic (exact) mass is 311 g/mol. The molecule has 7 heteroatoms. The quantitative estimate of drug-likeness (QED) is 0.881. The van der Waals surface area contributed by atoms with E-state index < -0.39 is 16.0 Å². The van der Waals surface area contributed by atoms with Gasteiger partial charge in [0.15, 0.2) is 0 Å². The van der Waals surface area contributed by atoms with Crippen LogP contribution in [0.15, 0.2) is 40.6 Å². The molecule has 0 saturated carbocycles. The van der Waals surface area contributed by atoms with E-state index in [0.717, 1.165) is 16.9 Å².